The van der Waals surface area contributed by atoms with Gasteiger partial charge in [0.1, 0.15) is 5.75 Å². The number of pyridine rings is 1. The van der Waals surface area contributed by atoms with E-state index in [4.69, 9.17) is 4.98 Å². The second-order valence-corrected chi connectivity index (χ2v) is 5.69. The summed E-state index contributed by atoms with van der Waals surface area (Å²) in [5.74, 6) is 0.289. The minimum Gasteiger partial charge on any atom is -0.508 e. The third-order valence-electron chi connectivity index (χ3n) is 3.99. The Balaban J connectivity index is 2.07. The fraction of sp³-hybridized carbons (Fsp3) is 0.250. The van der Waals surface area contributed by atoms with E-state index in [9.17, 15) is 5.11 Å². The van der Waals surface area contributed by atoms with Crippen molar-refractivity contribution in [2.45, 2.75) is 32.6 Å². The first-order valence-corrected chi connectivity index (χ1v) is 7.96. The summed E-state index contributed by atoms with van der Waals surface area (Å²) in [6.45, 7) is 2.22. The van der Waals surface area contributed by atoms with Crippen molar-refractivity contribution < 1.29 is 5.11 Å². The average Bonchev–Trinajstić information content (AvgIpc) is 2.55. The molecule has 0 spiro atoms. The molecular weight excluding hydrogens is 270 g/mol. The minimum absolute atomic E-state index is 0.289. The molecular formula is C20H21NO. The Morgan fingerprint density at radius 1 is 0.955 bits per heavy atom. The predicted molar refractivity (Wildman–Crippen MR) is 92.1 cm³/mol. The maximum atomic E-state index is 9.50. The van der Waals surface area contributed by atoms with Crippen LogP contribution in [0.15, 0.2) is 54.6 Å². The molecule has 0 aliphatic rings. The SMILES string of the molecule is CCCCCc1cc2ccccc2nc1-c1ccc(O)cc1. The second kappa shape index (κ2) is 6.61. The number of unbranched alkanes of at least 4 members (excludes halogenated alkanes) is 2. The van der Waals surface area contributed by atoms with Crippen molar-refractivity contribution in [2.24, 2.45) is 0 Å². The van der Waals surface area contributed by atoms with Crippen molar-refractivity contribution in [1.82, 2.24) is 4.98 Å². The number of aromatic nitrogens is 1. The topological polar surface area (TPSA) is 33.1 Å². The number of aromatic hydroxyl groups is 1. The summed E-state index contributed by atoms with van der Waals surface area (Å²) in [5, 5.41) is 10.7. The van der Waals surface area contributed by atoms with E-state index < -0.39 is 0 Å². The summed E-state index contributed by atoms with van der Waals surface area (Å²) >= 11 is 0. The number of phenols is 1. The number of aryl methyl sites for hydroxylation is 1. The molecule has 0 unspecified atom stereocenters. The van der Waals surface area contributed by atoms with Gasteiger partial charge in [-0.15, -0.1) is 0 Å². The molecule has 0 amide bonds. The van der Waals surface area contributed by atoms with Crippen LogP contribution >= 0.6 is 0 Å². The number of para-hydroxylation sites is 1. The van der Waals surface area contributed by atoms with Gasteiger partial charge in [0.05, 0.1) is 11.2 Å². The van der Waals surface area contributed by atoms with E-state index in [1.807, 2.05) is 18.2 Å². The summed E-state index contributed by atoms with van der Waals surface area (Å²) in [5.41, 5.74) is 4.41. The molecule has 22 heavy (non-hydrogen) atoms. The lowest BCUT2D eigenvalue weighted by Gasteiger charge is -2.11. The molecule has 2 aromatic carbocycles. The Bertz CT molecular complexity index is 762. The van der Waals surface area contributed by atoms with Crippen LogP contribution in [0.3, 0.4) is 0 Å². The van der Waals surface area contributed by atoms with Crippen LogP contribution in [0.1, 0.15) is 31.7 Å². The van der Waals surface area contributed by atoms with E-state index in [-0.39, 0.29) is 5.75 Å². The Hall–Kier alpha value is -2.35. The zero-order chi connectivity index (χ0) is 15.4. The van der Waals surface area contributed by atoms with Gasteiger partial charge in [-0.1, -0.05) is 38.0 Å². The molecule has 0 radical (unpaired) electrons. The zero-order valence-electron chi connectivity index (χ0n) is 12.9. The fourth-order valence-corrected chi connectivity index (χ4v) is 2.78. The Morgan fingerprint density at radius 2 is 1.73 bits per heavy atom. The molecule has 2 nitrogen and oxygen atoms in total. The highest BCUT2D eigenvalue weighted by molar-refractivity contribution is 5.83. The Kier molecular flexibility index (Phi) is 4.38. The number of hydrogen-bond acceptors (Lipinski definition) is 2. The minimum atomic E-state index is 0.289. The zero-order valence-corrected chi connectivity index (χ0v) is 12.9. The molecule has 112 valence electrons. The van der Waals surface area contributed by atoms with E-state index in [1.54, 1.807) is 12.1 Å². The summed E-state index contributed by atoms with van der Waals surface area (Å²) in [7, 11) is 0. The lowest BCUT2D eigenvalue weighted by molar-refractivity contribution is 0.475. The summed E-state index contributed by atoms with van der Waals surface area (Å²) in [4.78, 5) is 4.87. The first-order chi connectivity index (χ1) is 10.8. The Morgan fingerprint density at radius 3 is 2.50 bits per heavy atom. The largest absolute Gasteiger partial charge is 0.508 e. The molecule has 0 aliphatic heterocycles. The lowest BCUT2D eigenvalue weighted by atomic mass is 9.98. The normalized spacial score (nSPS) is 11.0. The van der Waals surface area contributed by atoms with Gasteiger partial charge >= 0.3 is 0 Å². The molecule has 0 fully saturated rings. The van der Waals surface area contributed by atoms with Crippen molar-refractivity contribution >= 4 is 10.9 Å². The van der Waals surface area contributed by atoms with Gasteiger partial charge in [0.25, 0.3) is 0 Å². The van der Waals surface area contributed by atoms with Gasteiger partial charge in [-0.2, -0.15) is 0 Å². The van der Waals surface area contributed by atoms with Gasteiger partial charge in [0.15, 0.2) is 0 Å². The highest BCUT2D eigenvalue weighted by Gasteiger charge is 2.09. The number of rotatable bonds is 5. The molecule has 0 saturated carbocycles. The molecule has 0 bridgehead atoms. The van der Waals surface area contributed by atoms with Crippen LogP contribution in [0.5, 0.6) is 5.75 Å². The van der Waals surface area contributed by atoms with Crippen molar-refractivity contribution in [3.63, 3.8) is 0 Å². The summed E-state index contributed by atoms with van der Waals surface area (Å²) in [6.07, 6.45) is 4.68. The van der Waals surface area contributed by atoms with Crippen molar-refractivity contribution in [3.05, 3.63) is 60.2 Å². The molecule has 3 aromatic rings. The van der Waals surface area contributed by atoms with Gasteiger partial charge < -0.3 is 5.11 Å². The first-order valence-electron chi connectivity index (χ1n) is 7.96. The number of benzene rings is 2. The molecule has 1 N–H and O–H groups in total. The molecule has 1 heterocycles. The van der Waals surface area contributed by atoms with Crippen LogP contribution < -0.4 is 0 Å². The highest BCUT2D eigenvalue weighted by atomic mass is 16.3. The standard InChI is InChI=1S/C20H21NO/c1-2-3-4-8-17-14-16-7-5-6-9-19(16)21-20(17)15-10-12-18(22)13-11-15/h5-7,9-14,22H,2-4,8H2,1H3. The number of hydrogen-bond donors (Lipinski definition) is 1. The molecule has 3 rings (SSSR count). The molecule has 0 atom stereocenters. The van der Waals surface area contributed by atoms with Crippen molar-refractivity contribution in [3.8, 4) is 17.0 Å². The molecule has 0 aliphatic carbocycles. The quantitative estimate of drug-likeness (QED) is 0.644. The van der Waals surface area contributed by atoms with Gasteiger partial charge in [-0.3, -0.25) is 0 Å². The van der Waals surface area contributed by atoms with Crippen LogP contribution in [0.2, 0.25) is 0 Å². The number of nitrogens with zero attached hydrogens (tertiary/aromatic N) is 1. The van der Waals surface area contributed by atoms with Crippen LogP contribution in [0, 0.1) is 0 Å². The second-order valence-electron chi connectivity index (χ2n) is 5.69. The van der Waals surface area contributed by atoms with E-state index in [0.29, 0.717) is 0 Å². The maximum Gasteiger partial charge on any atom is 0.115 e. The van der Waals surface area contributed by atoms with Crippen molar-refractivity contribution in [2.75, 3.05) is 0 Å². The first kappa shape index (κ1) is 14.6. The lowest BCUT2D eigenvalue weighted by Crippen LogP contribution is -1.95. The third kappa shape index (κ3) is 3.11. The smallest absolute Gasteiger partial charge is 0.115 e. The van der Waals surface area contributed by atoms with Crippen molar-refractivity contribution in [1.29, 1.82) is 0 Å². The van der Waals surface area contributed by atoms with E-state index in [0.717, 1.165) is 23.2 Å². The Labute approximate surface area is 131 Å². The van der Waals surface area contributed by atoms with Crippen LogP contribution in [0.25, 0.3) is 22.2 Å². The highest BCUT2D eigenvalue weighted by Crippen LogP contribution is 2.28. The van der Waals surface area contributed by atoms with Gasteiger partial charge in [-0.05, 0) is 54.8 Å². The summed E-state index contributed by atoms with van der Waals surface area (Å²) in [6, 6.07) is 17.8. The fourth-order valence-electron chi connectivity index (χ4n) is 2.78. The molecule has 1 aromatic heterocycles. The van der Waals surface area contributed by atoms with Crippen LogP contribution in [-0.4, -0.2) is 10.1 Å². The average molecular weight is 291 g/mol. The van der Waals surface area contributed by atoms with Crippen LogP contribution in [0.4, 0.5) is 0 Å². The van der Waals surface area contributed by atoms with E-state index in [2.05, 4.69) is 31.2 Å². The third-order valence-corrected chi connectivity index (χ3v) is 3.99. The van der Waals surface area contributed by atoms with Gasteiger partial charge in [0.2, 0.25) is 0 Å². The maximum absolute atomic E-state index is 9.50. The van der Waals surface area contributed by atoms with Gasteiger partial charge in [-0.25, -0.2) is 4.98 Å². The van der Waals surface area contributed by atoms with E-state index >= 15 is 0 Å². The molecule has 2 heteroatoms. The van der Waals surface area contributed by atoms with Crippen LogP contribution in [-0.2, 0) is 6.42 Å². The summed E-state index contributed by atoms with van der Waals surface area (Å²) < 4.78 is 0. The van der Waals surface area contributed by atoms with Gasteiger partial charge in [0, 0.05) is 10.9 Å². The predicted octanol–water partition coefficient (Wildman–Crippen LogP) is 5.34. The number of fused-ring (bicyclic) bond motifs is 1. The molecule has 0 saturated heterocycles. The van der Waals surface area contributed by atoms with E-state index in [1.165, 1.54) is 30.2 Å². The monoisotopic (exact) mass is 291 g/mol. The number of phenolic OH excluding ortho intramolecular Hbond substituents is 1.